The Hall–Kier alpha value is -1.85. The summed E-state index contributed by atoms with van der Waals surface area (Å²) < 4.78 is 25.6. The molecule has 4 nitrogen and oxygen atoms in total. The minimum Gasteiger partial charge on any atom is -0.399 e. The van der Waals surface area contributed by atoms with Crippen LogP contribution in [0.5, 0.6) is 0 Å². The third kappa shape index (κ3) is 3.32. The van der Waals surface area contributed by atoms with Crippen LogP contribution in [0.25, 0.3) is 0 Å². The second kappa shape index (κ2) is 5.20. The lowest BCUT2D eigenvalue weighted by molar-refractivity contribution is -0.125. The van der Waals surface area contributed by atoms with Gasteiger partial charge in [0.05, 0.1) is 5.41 Å². The number of halogens is 2. The Bertz CT molecular complexity index is 447. The number of anilines is 2. The highest BCUT2D eigenvalue weighted by atomic mass is 19.3. The van der Waals surface area contributed by atoms with Gasteiger partial charge in [-0.2, -0.15) is 0 Å². The highest BCUT2D eigenvalue weighted by molar-refractivity contribution is 5.80. The topological polar surface area (TPSA) is 81.1 Å². The van der Waals surface area contributed by atoms with Gasteiger partial charge in [-0.25, -0.2) is 8.78 Å². The zero-order valence-corrected chi connectivity index (χ0v) is 10.3. The quantitative estimate of drug-likeness (QED) is 0.707. The smallest absolute Gasteiger partial charge is 0.265 e. The summed E-state index contributed by atoms with van der Waals surface area (Å²) in [5.41, 5.74) is 10.2. The van der Waals surface area contributed by atoms with Crippen LogP contribution >= 0.6 is 0 Å². The molecule has 0 bridgehead atoms. The first-order valence-corrected chi connectivity index (χ1v) is 5.45. The SMILES string of the molecule is CC(C)(CNc1ccc(N)cc1C(F)F)C(N)=O. The number of rotatable bonds is 5. The monoisotopic (exact) mass is 257 g/mol. The van der Waals surface area contributed by atoms with Gasteiger partial charge in [0.15, 0.2) is 0 Å². The molecule has 1 aromatic carbocycles. The Morgan fingerprint density at radius 3 is 2.56 bits per heavy atom. The number of nitrogens with one attached hydrogen (secondary N) is 1. The maximum Gasteiger partial charge on any atom is 0.265 e. The number of nitrogen functional groups attached to an aromatic ring is 1. The first-order chi connectivity index (χ1) is 8.24. The molecule has 0 heterocycles. The van der Waals surface area contributed by atoms with Crippen LogP contribution < -0.4 is 16.8 Å². The van der Waals surface area contributed by atoms with E-state index >= 15 is 0 Å². The van der Waals surface area contributed by atoms with Crippen LogP contribution in [-0.2, 0) is 4.79 Å². The molecule has 5 N–H and O–H groups in total. The van der Waals surface area contributed by atoms with E-state index in [1.165, 1.54) is 18.2 Å². The van der Waals surface area contributed by atoms with Crippen molar-refractivity contribution in [2.24, 2.45) is 11.1 Å². The number of benzene rings is 1. The molecule has 0 aromatic heterocycles. The molecule has 0 atom stereocenters. The van der Waals surface area contributed by atoms with Gasteiger partial charge in [-0.15, -0.1) is 0 Å². The van der Waals surface area contributed by atoms with Crippen molar-refractivity contribution < 1.29 is 13.6 Å². The highest BCUT2D eigenvalue weighted by Gasteiger charge is 2.25. The number of hydrogen-bond acceptors (Lipinski definition) is 3. The van der Waals surface area contributed by atoms with E-state index in [9.17, 15) is 13.6 Å². The van der Waals surface area contributed by atoms with Crippen molar-refractivity contribution in [3.8, 4) is 0 Å². The Kier molecular flexibility index (Phi) is 4.11. The predicted molar refractivity (Wildman–Crippen MR) is 67.3 cm³/mol. The zero-order chi connectivity index (χ0) is 13.9. The van der Waals surface area contributed by atoms with E-state index in [1.54, 1.807) is 13.8 Å². The summed E-state index contributed by atoms with van der Waals surface area (Å²) in [7, 11) is 0. The largest absolute Gasteiger partial charge is 0.399 e. The number of carbonyl (C=O) groups excluding carboxylic acids is 1. The summed E-state index contributed by atoms with van der Waals surface area (Å²) in [4.78, 5) is 11.1. The molecule has 100 valence electrons. The Labute approximate surface area is 104 Å². The lowest BCUT2D eigenvalue weighted by Crippen LogP contribution is -2.37. The van der Waals surface area contributed by atoms with Gasteiger partial charge in [-0.1, -0.05) is 0 Å². The number of nitrogens with two attached hydrogens (primary N) is 2. The fraction of sp³-hybridized carbons (Fsp3) is 0.417. The molecule has 0 spiro atoms. The third-order valence-electron chi connectivity index (χ3n) is 2.70. The molecule has 0 aliphatic carbocycles. The van der Waals surface area contributed by atoms with E-state index in [0.29, 0.717) is 0 Å². The summed E-state index contributed by atoms with van der Waals surface area (Å²) in [5, 5.41) is 2.81. The average Bonchev–Trinajstić information content (AvgIpc) is 2.27. The van der Waals surface area contributed by atoms with E-state index in [2.05, 4.69) is 5.32 Å². The maximum atomic E-state index is 12.8. The summed E-state index contributed by atoms with van der Waals surface area (Å²) in [6.45, 7) is 3.45. The minimum atomic E-state index is -2.63. The van der Waals surface area contributed by atoms with E-state index in [4.69, 9.17) is 11.5 Å². The third-order valence-corrected chi connectivity index (χ3v) is 2.70. The second-order valence-corrected chi connectivity index (χ2v) is 4.75. The normalized spacial score (nSPS) is 11.6. The second-order valence-electron chi connectivity index (χ2n) is 4.75. The van der Waals surface area contributed by atoms with Gasteiger partial charge in [-0.3, -0.25) is 4.79 Å². The van der Waals surface area contributed by atoms with Crippen molar-refractivity contribution >= 4 is 17.3 Å². The van der Waals surface area contributed by atoms with Crippen molar-refractivity contribution in [1.29, 1.82) is 0 Å². The molecule has 0 aliphatic rings. The summed E-state index contributed by atoms with van der Waals surface area (Å²) >= 11 is 0. The molecule has 1 rings (SSSR count). The Balaban J connectivity index is 2.88. The molecule has 0 aliphatic heterocycles. The van der Waals surface area contributed by atoms with E-state index in [0.717, 1.165) is 0 Å². The van der Waals surface area contributed by atoms with E-state index in [1.807, 2.05) is 0 Å². The number of alkyl halides is 2. The first kappa shape index (κ1) is 14.2. The summed E-state index contributed by atoms with van der Waals surface area (Å²) in [5.74, 6) is -0.496. The first-order valence-electron chi connectivity index (χ1n) is 5.45. The van der Waals surface area contributed by atoms with Crippen LogP contribution in [0.3, 0.4) is 0 Å². The number of hydrogen-bond donors (Lipinski definition) is 3. The highest BCUT2D eigenvalue weighted by Crippen LogP contribution is 2.29. The van der Waals surface area contributed by atoms with Crippen LogP contribution in [0.4, 0.5) is 20.2 Å². The van der Waals surface area contributed by atoms with Crippen LogP contribution in [-0.4, -0.2) is 12.5 Å². The lowest BCUT2D eigenvalue weighted by atomic mass is 9.92. The average molecular weight is 257 g/mol. The van der Waals surface area contributed by atoms with Crippen LogP contribution in [0.1, 0.15) is 25.8 Å². The van der Waals surface area contributed by atoms with Gasteiger partial charge in [0.1, 0.15) is 0 Å². The van der Waals surface area contributed by atoms with Crippen molar-refractivity contribution in [2.45, 2.75) is 20.3 Å². The molecule has 0 saturated carbocycles. The zero-order valence-electron chi connectivity index (χ0n) is 10.3. The van der Waals surface area contributed by atoms with Gasteiger partial charge in [-0.05, 0) is 32.0 Å². The Morgan fingerprint density at radius 1 is 1.44 bits per heavy atom. The molecule has 6 heteroatoms. The standard InChI is InChI=1S/C12H17F2N3O/c1-12(2,11(16)18)6-17-9-4-3-7(15)5-8(9)10(13)14/h3-5,10,17H,6,15H2,1-2H3,(H2,16,18). The van der Waals surface area contributed by atoms with Gasteiger partial charge >= 0.3 is 0 Å². The molecule has 1 amide bonds. The van der Waals surface area contributed by atoms with Crippen molar-refractivity contribution in [3.63, 3.8) is 0 Å². The molecular weight excluding hydrogens is 240 g/mol. The number of carbonyl (C=O) groups is 1. The fourth-order valence-corrected chi connectivity index (χ4v) is 1.33. The molecule has 0 fully saturated rings. The molecule has 18 heavy (non-hydrogen) atoms. The van der Waals surface area contributed by atoms with Crippen molar-refractivity contribution in [2.75, 3.05) is 17.6 Å². The van der Waals surface area contributed by atoms with Crippen LogP contribution in [0, 0.1) is 5.41 Å². The predicted octanol–water partition coefficient (Wildman–Crippen LogP) is 2.13. The maximum absolute atomic E-state index is 12.8. The van der Waals surface area contributed by atoms with Gasteiger partial charge < -0.3 is 16.8 Å². The van der Waals surface area contributed by atoms with Crippen LogP contribution in [0.15, 0.2) is 18.2 Å². The molecule has 0 unspecified atom stereocenters. The minimum absolute atomic E-state index is 0.173. The van der Waals surface area contributed by atoms with Gasteiger partial charge in [0.25, 0.3) is 6.43 Å². The van der Waals surface area contributed by atoms with Crippen molar-refractivity contribution in [1.82, 2.24) is 0 Å². The Morgan fingerprint density at radius 2 is 2.06 bits per heavy atom. The van der Waals surface area contributed by atoms with E-state index < -0.39 is 17.7 Å². The fourth-order valence-electron chi connectivity index (χ4n) is 1.33. The molecular formula is C12H17F2N3O. The van der Waals surface area contributed by atoms with Gasteiger partial charge in [0, 0.05) is 23.5 Å². The number of primary amides is 1. The van der Waals surface area contributed by atoms with Gasteiger partial charge in [0.2, 0.25) is 5.91 Å². The summed E-state index contributed by atoms with van der Waals surface area (Å²) in [6, 6.07) is 4.20. The molecule has 1 aromatic rings. The molecule has 0 radical (unpaired) electrons. The van der Waals surface area contributed by atoms with E-state index in [-0.39, 0.29) is 23.5 Å². The van der Waals surface area contributed by atoms with Crippen molar-refractivity contribution in [3.05, 3.63) is 23.8 Å². The number of amides is 1. The lowest BCUT2D eigenvalue weighted by Gasteiger charge is -2.22. The summed E-state index contributed by atoms with van der Waals surface area (Å²) in [6.07, 6.45) is -2.63. The molecule has 0 saturated heterocycles. The van der Waals surface area contributed by atoms with Crippen LogP contribution in [0.2, 0.25) is 0 Å².